The lowest BCUT2D eigenvalue weighted by Crippen LogP contribution is -2.60. The van der Waals surface area contributed by atoms with Crippen LogP contribution in [-0.2, 0) is 27.0 Å². The van der Waals surface area contributed by atoms with Crippen molar-refractivity contribution in [2.45, 2.75) is 68.9 Å². The van der Waals surface area contributed by atoms with E-state index in [1.165, 1.54) is 12.1 Å². The van der Waals surface area contributed by atoms with Crippen LogP contribution >= 0.6 is 15.9 Å². The summed E-state index contributed by atoms with van der Waals surface area (Å²) in [7, 11) is -3.34. The second-order valence-corrected chi connectivity index (χ2v) is 14.8. The molecule has 10 heteroatoms. The third kappa shape index (κ3) is 5.38. The van der Waals surface area contributed by atoms with Crippen LogP contribution in [0, 0.1) is 17.1 Å². The van der Waals surface area contributed by atoms with Crippen molar-refractivity contribution < 1.29 is 13.2 Å². The molecule has 29 heavy (non-hydrogen) atoms. The molecule has 1 aromatic heterocycles. The number of hydrogen-bond donors (Lipinski definition) is 3. The van der Waals surface area contributed by atoms with Gasteiger partial charge in [-0.1, -0.05) is 0 Å². The van der Waals surface area contributed by atoms with E-state index in [1.54, 1.807) is 34.6 Å². The lowest BCUT2D eigenvalue weighted by Gasteiger charge is -2.43. The number of halogens is 2. The summed E-state index contributed by atoms with van der Waals surface area (Å²) < 4.78 is 46.7. The molecule has 0 aliphatic carbocycles. The number of nitriles is 1. The lowest BCUT2D eigenvalue weighted by atomic mass is 10.0. The van der Waals surface area contributed by atoms with Crippen LogP contribution in [0.1, 0.15) is 59.6 Å². The van der Waals surface area contributed by atoms with Crippen LogP contribution in [0.5, 0.6) is 0 Å². The lowest BCUT2D eigenvalue weighted by molar-refractivity contribution is 0.421. The third-order valence-electron chi connectivity index (χ3n) is 5.24. The second-order valence-electron chi connectivity index (χ2n) is 8.93. The fourth-order valence-electron chi connectivity index (χ4n) is 3.34. The highest BCUT2D eigenvalue weighted by Gasteiger charge is 2.49. The highest BCUT2D eigenvalue weighted by Crippen LogP contribution is 2.37. The third-order valence-corrected chi connectivity index (χ3v) is 11.2. The van der Waals surface area contributed by atoms with Gasteiger partial charge in [-0.3, -0.25) is 8.93 Å². The average molecular weight is 510 g/mol. The molecule has 6 nitrogen and oxygen atoms in total. The van der Waals surface area contributed by atoms with Gasteiger partial charge in [0, 0.05) is 23.7 Å². The first kappa shape index (κ1) is 24.7. The van der Waals surface area contributed by atoms with Gasteiger partial charge in [-0.05, 0) is 92.1 Å². The number of pyridine rings is 1. The summed E-state index contributed by atoms with van der Waals surface area (Å²) in [5.41, 5.74) is -1.30. The molecular weight excluding hydrogens is 479 g/mol. The number of rotatable bonds is 5. The monoisotopic (exact) mass is 508 g/mol. The highest BCUT2D eigenvalue weighted by molar-refractivity contribution is 9.10. The maximum Gasteiger partial charge on any atom is 0.146 e. The van der Waals surface area contributed by atoms with Crippen LogP contribution in [0.2, 0.25) is 0 Å². The zero-order valence-electron chi connectivity index (χ0n) is 17.5. The minimum absolute atomic E-state index is 0.0195. The van der Waals surface area contributed by atoms with Gasteiger partial charge in [0.15, 0.2) is 0 Å². The van der Waals surface area contributed by atoms with Gasteiger partial charge >= 0.3 is 0 Å². The molecule has 0 amide bonds. The molecular formula is C19H30BrFN4O2S2. The Morgan fingerprint density at radius 3 is 2.69 bits per heavy atom. The highest BCUT2D eigenvalue weighted by atomic mass is 79.9. The first-order chi connectivity index (χ1) is 13.3. The van der Waals surface area contributed by atoms with E-state index in [2.05, 4.69) is 36.4 Å². The van der Waals surface area contributed by atoms with Crippen molar-refractivity contribution in [2.24, 2.45) is 0 Å². The predicted molar refractivity (Wildman–Crippen MR) is 121 cm³/mol. The zero-order chi connectivity index (χ0) is 22.1. The van der Waals surface area contributed by atoms with Gasteiger partial charge in [0.2, 0.25) is 0 Å². The fraction of sp³-hybridized carbons (Fsp3) is 0.684. The molecule has 0 saturated carbocycles. The molecule has 1 aliphatic rings. The number of hydrogen-bond acceptors (Lipinski definition) is 5. The average Bonchev–Trinajstić information content (AvgIpc) is 2.75. The number of nitrogens with one attached hydrogen (secondary N) is 2. The van der Waals surface area contributed by atoms with Crippen LogP contribution in [0.4, 0.5) is 4.39 Å². The molecule has 1 aromatic rings. The Hall–Kier alpha value is -0.570. The standard InChI is InChI=1S/C19H30BrFN4O2S2/c1-17(2,3)28(26)25-19(5,16-14(21)8-9-15(20)24-16)13-29(27)18(4,12-22)10-6-7-11-23-29/h8-9,25,29H,6-7,10-11,13H2,1-5H3,(H,23,27)/t18?,19?,28-/m1/s1. The normalized spacial score (nSPS) is 26.6. The molecule has 2 heterocycles. The molecule has 2 N–H and O–H groups in total. The molecule has 1 aliphatic heterocycles. The molecule has 2 rings (SSSR count). The summed E-state index contributed by atoms with van der Waals surface area (Å²) in [6, 6.07) is 4.99. The van der Waals surface area contributed by atoms with Crippen molar-refractivity contribution in [3.05, 3.63) is 28.2 Å². The van der Waals surface area contributed by atoms with E-state index in [-0.39, 0.29) is 11.4 Å². The van der Waals surface area contributed by atoms with E-state index in [4.69, 9.17) is 0 Å². The second kappa shape index (κ2) is 8.89. The van der Waals surface area contributed by atoms with Crippen molar-refractivity contribution in [3.63, 3.8) is 0 Å². The van der Waals surface area contributed by atoms with E-state index in [0.29, 0.717) is 17.6 Å². The number of thiol groups is 1. The topological polar surface area (TPSA) is 101 Å². The van der Waals surface area contributed by atoms with Crippen LogP contribution in [0.15, 0.2) is 16.7 Å². The quantitative estimate of drug-likeness (QED) is 0.322. The molecule has 0 bridgehead atoms. The van der Waals surface area contributed by atoms with Gasteiger partial charge in [-0.2, -0.15) is 5.26 Å². The molecule has 0 aromatic carbocycles. The van der Waals surface area contributed by atoms with E-state index in [9.17, 15) is 18.4 Å². The summed E-state index contributed by atoms with van der Waals surface area (Å²) in [5, 5.41) is 9.85. The molecule has 164 valence electrons. The summed E-state index contributed by atoms with van der Waals surface area (Å²) >= 11 is 1.68. The van der Waals surface area contributed by atoms with Crippen molar-refractivity contribution in [1.82, 2.24) is 14.4 Å². The van der Waals surface area contributed by atoms with Gasteiger partial charge < -0.3 is 4.55 Å². The molecule has 1 fully saturated rings. The maximum absolute atomic E-state index is 14.8. The van der Waals surface area contributed by atoms with Gasteiger partial charge in [0.25, 0.3) is 0 Å². The van der Waals surface area contributed by atoms with Crippen molar-refractivity contribution in [3.8, 4) is 6.07 Å². The van der Waals surface area contributed by atoms with Crippen LogP contribution in [0.25, 0.3) is 0 Å². The fourth-order valence-corrected chi connectivity index (χ4v) is 7.77. The summed E-state index contributed by atoms with van der Waals surface area (Å²) in [6.45, 7) is 9.25. The molecule has 0 radical (unpaired) electrons. The Balaban J connectivity index is 2.59. The van der Waals surface area contributed by atoms with Crippen LogP contribution in [0.3, 0.4) is 0 Å². The zero-order valence-corrected chi connectivity index (χ0v) is 20.8. The van der Waals surface area contributed by atoms with Crippen molar-refractivity contribution >= 4 is 37.4 Å². The summed E-state index contributed by atoms with van der Waals surface area (Å²) in [4.78, 5) is 4.29. The van der Waals surface area contributed by atoms with E-state index < -0.39 is 42.3 Å². The van der Waals surface area contributed by atoms with Crippen molar-refractivity contribution in [2.75, 3.05) is 12.3 Å². The Morgan fingerprint density at radius 2 is 2.10 bits per heavy atom. The van der Waals surface area contributed by atoms with Gasteiger partial charge in [0.05, 0.1) is 6.07 Å². The Labute approximate surface area is 185 Å². The first-order valence-corrected chi connectivity index (χ1v) is 13.4. The molecule has 2 unspecified atom stereocenters. The Bertz CT molecular complexity index is 844. The number of nitrogens with zero attached hydrogens (tertiary/aromatic N) is 2. The molecule has 3 atom stereocenters. The predicted octanol–water partition coefficient (Wildman–Crippen LogP) is 3.24. The number of aromatic nitrogens is 1. The van der Waals surface area contributed by atoms with E-state index in [1.807, 2.05) is 0 Å². The smallest absolute Gasteiger partial charge is 0.146 e. The first-order valence-electron chi connectivity index (χ1n) is 9.54. The molecule has 1 saturated heterocycles. The Morgan fingerprint density at radius 1 is 1.45 bits per heavy atom. The van der Waals surface area contributed by atoms with Crippen LogP contribution in [-0.4, -0.2) is 35.5 Å². The minimum atomic E-state index is -3.34. The maximum atomic E-state index is 14.8. The van der Waals surface area contributed by atoms with Crippen LogP contribution < -0.4 is 9.44 Å². The van der Waals surface area contributed by atoms with Crippen molar-refractivity contribution in [1.29, 1.82) is 5.26 Å². The van der Waals surface area contributed by atoms with Gasteiger partial charge in [-0.15, -0.1) is 4.72 Å². The summed E-state index contributed by atoms with van der Waals surface area (Å²) in [5.74, 6) is -0.680. The summed E-state index contributed by atoms with van der Waals surface area (Å²) in [6.07, 6.45) is 2.08. The van der Waals surface area contributed by atoms with E-state index >= 15 is 0 Å². The van der Waals surface area contributed by atoms with Gasteiger partial charge in [0.1, 0.15) is 31.1 Å². The molecule has 0 spiro atoms. The van der Waals surface area contributed by atoms with E-state index in [0.717, 1.165) is 12.8 Å². The SMILES string of the molecule is CC(C[SH]1(=O)NCCCCC1(C)C#N)(N[S@+]([O-])C(C)(C)C)c1nc(Br)ccc1F. The Kier molecular flexibility index (Phi) is 7.57. The minimum Gasteiger partial charge on any atom is -0.598 e. The largest absolute Gasteiger partial charge is 0.598 e. The van der Waals surface area contributed by atoms with Gasteiger partial charge in [-0.25, -0.2) is 9.37 Å².